The highest BCUT2D eigenvalue weighted by molar-refractivity contribution is 9.11. The number of rotatable bonds is 11. The molecule has 0 amide bonds. The van der Waals surface area contributed by atoms with E-state index in [2.05, 4.69) is 83.3 Å². The smallest absolute Gasteiger partial charge is 0.224 e. The lowest BCUT2D eigenvalue weighted by molar-refractivity contribution is 0.496. The van der Waals surface area contributed by atoms with Gasteiger partial charge in [-0.25, -0.2) is 12.7 Å². The van der Waals surface area contributed by atoms with E-state index in [-0.39, 0.29) is 4.90 Å². The largest absolute Gasteiger partial charge is 0.270 e. The Morgan fingerprint density at radius 2 is 1.63 bits per heavy atom. The summed E-state index contributed by atoms with van der Waals surface area (Å²) >= 11 is 3.36. The number of halogens is 1. The Morgan fingerprint density at radius 1 is 0.971 bits per heavy atom. The second-order valence-corrected chi connectivity index (χ2v) is 16.7. The number of hydrogen-bond donors (Lipinski definition) is 0. The van der Waals surface area contributed by atoms with Gasteiger partial charge in [-0.1, -0.05) is 89.6 Å². The lowest BCUT2D eigenvalue weighted by Crippen LogP contribution is -2.27. The Morgan fingerprint density at radius 3 is 2.29 bits per heavy atom. The van der Waals surface area contributed by atoms with Gasteiger partial charge in [0.15, 0.2) is 0 Å². The van der Waals surface area contributed by atoms with Crippen molar-refractivity contribution in [1.82, 2.24) is 4.31 Å². The number of aryl methyl sites for hydroxylation is 1. The van der Waals surface area contributed by atoms with Crippen LogP contribution in [0.1, 0.15) is 49.7 Å². The summed E-state index contributed by atoms with van der Waals surface area (Å²) in [5.74, 6) is 6.42. The summed E-state index contributed by atoms with van der Waals surface area (Å²) in [4.78, 5) is 0.277. The molecule has 0 saturated carbocycles. The number of nitrogens with zero attached hydrogens (tertiary/aromatic N) is 1. The van der Waals surface area contributed by atoms with Crippen LogP contribution >= 0.6 is 15.9 Å². The first-order chi connectivity index (χ1) is 16.6. The molecular weight excluding hydrogens is 534 g/mol. The zero-order valence-corrected chi connectivity index (χ0v) is 24.5. The maximum Gasteiger partial charge on any atom is 0.270 e. The molecule has 0 aliphatic heterocycles. The van der Waals surface area contributed by atoms with Gasteiger partial charge < -0.3 is 0 Å². The average Bonchev–Trinajstić information content (AvgIpc) is 2.80. The van der Waals surface area contributed by atoms with Gasteiger partial charge in [0, 0.05) is 25.4 Å². The Balaban J connectivity index is 1.96. The van der Waals surface area contributed by atoms with Crippen LogP contribution in [0.2, 0.25) is 13.1 Å². The van der Waals surface area contributed by atoms with Gasteiger partial charge in [-0.15, -0.1) is 11.5 Å². The first-order valence-electron chi connectivity index (χ1n) is 12.1. The zero-order chi connectivity index (χ0) is 25.7. The highest BCUT2D eigenvalue weighted by atomic mass is 79.9. The fraction of sp³-hybridized carbons (Fsp3) is 0.379. The summed E-state index contributed by atoms with van der Waals surface area (Å²) in [5, 5.41) is 0. The number of sulfonamides is 1. The van der Waals surface area contributed by atoms with Gasteiger partial charge in [0.05, 0.1) is 4.90 Å². The number of hydrogen-bond acceptors (Lipinski definition) is 2. The van der Waals surface area contributed by atoms with Crippen LogP contribution in [0.4, 0.5) is 0 Å². The molecule has 0 aromatic heterocycles. The van der Waals surface area contributed by atoms with Crippen molar-refractivity contribution in [1.29, 1.82) is 0 Å². The average molecular weight is 571 g/mol. The Bertz CT molecular complexity index is 1180. The van der Waals surface area contributed by atoms with Crippen molar-refractivity contribution in [3.8, 4) is 23.4 Å². The van der Waals surface area contributed by atoms with Gasteiger partial charge in [0.1, 0.15) is 8.07 Å². The van der Waals surface area contributed by atoms with Crippen LogP contribution in [0.5, 0.6) is 0 Å². The molecule has 0 spiro atoms. The first-order valence-corrected chi connectivity index (χ1v) is 17.5. The van der Waals surface area contributed by atoms with Crippen LogP contribution in [0, 0.1) is 30.4 Å². The lowest BCUT2D eigenvalue weighted by Gasteiger charge is -2.18. The van der Waals surface area contributed by atoms with Gasteiger partial charge in [-0.3, -0.25) is 0 Å². The van der Waals surface area contributed by atoms with Crippen LogP contribution in [-0.2, 0) is 16.1 Å². The predicted octanol–water partition coefficient (Wildman–Crippen LogP) is 7.23. The van der Waals surface area contributed by atoms with Crippen LogP contribution in [-0.4, -0.2) is 27.3 Å². The molecule has 2 aromatic carbocycles. The molecule has 6 heteroatoms. The molecule has 0 bridgehead atoms. The van der Waals surface area contributed by atoms with E-state index >= 15 is 0 Å². The van der Waals surface area contributed by atoms with E-state index in [9.17, 15) is 8.42 Å². The number of benzene rings is 2. The fourth-order valence-corrected chi connectivity index (χ4v) is 7.02. The van der Waals surface area contributed by atoms with E-state index in [4.69, 9.17) is 0 Å². The molecule has 0 atom stereocenters. The minimum atomic E-state index is -3.66. The highest BCUT2D eigenvalue weighted by Crippen LogP contribution is 2.18. The van der Waals surface area contributed by atoms with E-state index in [1.165, 1.54) is 9.87 Å². The standard InChI is InChI=1S/C29H36BrNO2SSi/c1-26-18-20-29(21-19-26)34(32,33)31(23-13-11-15-27(2)30)22-12-6-5-7-14-24-35(3,4)25-28-16-9-8-10-17-28/h8-10,16-21H,2,5-7,11,13,15,23,25H2,1,3-4H3. The van der Waals surface area contributed by atoms with Crippen LogP contribution < -0.4 is 0 Å². The second kappa shape index (κ2) is 14.3. The molecule has 0 aliphatic rings. The summed E-state index contributed by atoms with van der Waals surface area (Å²) in [7, 11) is -5.28. The monoisotopic (exact) mass is 569 g/mol. The van der Waals surface area contributed by atoms with Crippen LogP contribution in [0.25, 0.3) is 0 Å². The molecule has 3 nitrogen and oxygen atoms in total. The molecule has 0 heterocycles. The van der Waals surface area contributed by atoms with Crippen molar-refractivity contribution in [2.45, 2.75) is 69.5 Å². The molecule has 2 rings (SSSR count). The molecule has 186 valence electrons. The topological polar surface area (TPSA) is 37.4 Å². The maximum atomic E-state index is 13.2. The van der Waals surface area contributed by atoms with Crippen LogP contribution in [0.3, 0.4) is 0 Å². The van der Waals surface area contributed by atoms with Crippen molar-refractivity contribution in [3.05, 3.63) is 76.8 Å². The van der Waals surface area contributed by atoms with Crippen molar-refractivity contribution in [3.63, 3.8) is 0 Å². The SMILES string of the molecule is C=C(Br)CCCCN(C#CCCCC#C[Si](C)(C)Cc1ccccc1)S(=O)(=O)c1ccc(C)cc1. The molecular formula is C29H36BrNO2SSi. The van der Waals surface area contributed by atoms with Gasteiger partial charge in [0.25, 0.3) is 10.0 Å². The molecule has 35 heavy (non-hydrogen) atoms. The molecule has 0 unspecified atom stereocenters. The normalized spacial score (nSPS) is 11.1. The molecule has 2 aromatic rings. The molecule has 0 radical (unpaired) electrons. The third-order valence-electron chi connectivity index (χ3n) is 5.39. The van der Waals surface area contributed by atoms with Gasteiger partial charge >= 0.3 is 0 Å². The summed E-state index contributed by atoms with van der Waals surface area (Å²) in [6, 6.07) is 21.4. The molecule has 0 aliphatic carbocycles. The Kier molecular flexibility index (Phi) is 11.9. The maximum absolute atomic E-state index is 13.2. The van der Waals surface area contributed by atoms with Crippen molar-refractivity contribution in [2.24, 2.45) is 0 Å². The van der Waals surface area contributed by atoms with E-state index in [0.29, 0.717) is 13.0 Å². The minimum absolute atomic E-state index is 0.277. The zero-order valence-electron chi connectivity index (χ0n) is 21.1. The van der Waals surface area contributed by atoms with E-state index in [1.54, 1.807) is 12.1 Å². The Hall–Kier alpha value is -2.25. The van der Waals surface area contributed by atoms with E-state index in [1.807, 2.05) is 25.1 Å². The van der Waals surface area contributed by atoms with Gasteiger partial charge in [-0.2, -0.15) is 0 Å². The highest BCUT2D eigenvalue weighted by Gasteiger charge is 2.21. The van der Waals surface area contributed by atoms with Crippen LogP contribution in [0.15, 0.2) is 70.6 Å². The number of unbranched alkanes of at least 4 members (excludes halogenated alkanes) is 3. The molecule has 0 fully saturated rings. The molecule has 0 saturated heterocycles. The minimum Gasteiger partial charge on any atom is -0.224 e. The lowest BCUT2D eigenvalue weighted by atomic mass is 10.2. The summed E-state index contributed by atoms with van der Waals surface area (Å²) < 4.78 is 28.6. The third-order valence-corrected chi connectivity index (χ3v) is 9.66. The first kappa shape index (κ1) is 29.0. The predicted molar refractivity (Wildman–Crippen MR) is 154 cm³/mol. The number of allylic oxidation sites excluding steroid dienone is 1. The quantitative estimate of drug-likeness (QED) is 0.124. The Labute approximate surface area is 222 Å². The summed E-state index contributed by atoms with van der Waals surface area (Å²) in [6.45, 7) is 10.7. The van der Waals surface area contributed by atoms with Crippen molar-refractivity contribution < 1.29 is 8.42 Å². The van der Waals surface area contributed by atoms with Gasteiger partial charge in [-0.05, 0) is 60.8 Å². The third kappa shape index (κ3) is 10.9. The summed E-state index contributed by atoms with van der Waals surface area (Å²) in [5.41, 5.74) is 5.89. The van der Waals surface area contributed by atoms with Gasteiger partial charge in [0.2, 0.25) is 0 Å². The van der Waals surface area contributed by atoms with E-state index in [0.717, 1.165) is 48.2 Å². The fourth-order valence-electron chi connectivity index (χ4n) is 3.51. The van der Waals surface area contributed by atoms with Crippen molar-refractivity contribution in [2.75, 3.05) is 6.54 Å². The van der Waals surface area contributed by atoms with Crippen molar-refractivity contribution >= 4 is 34.0 Å². The summed E-state index contributed by atoms with van der Waals surface area (Å²) in [6.07, 6.45) is 4.61. The molecule has 0 N–H and O–H groups in total. The second-order valence-electron chi connectivity index (χ2n) is 9.35. The van der Waals surface area contributed by atoms with E-state index < -0.39 is 18.1 Å².